The summed E-state index contributed by atoms with van der Waals surface area (Å²) in [6.45, 7) is 0.287. The summed E-state index contributed by atoms with van der Waals surface area (Å²) in [6, 6.07) is 9.50. The third-order valence-corrected chi connectivity index (χ3v) is 5.89. The minimum Gasteiger partial charge on any atom is -0.467 e. The molecular weight excluding hydrogens is 340 g/mol. The van der Waals surface area contributed by atoms with Crippen molar-refractivity contribution in [1.29, 1.82) is 0 Å². The summed E-state index contributed by atoms with van der Waals surface area (Å²) >= 11 is 0. The summed E-state index contributed by atoms with van der Waals surface area (Å²) in [5, 5.41) is 2.73. The van der Waals surface area contributed by atoms with E-state index in [1.807, 2.05) is 0 Å². The first-order chi connectivity index (χ1) is 12.0. The second kappa shape index (κ2) is 7.84. The van der Waals surface area contributed by atoms with Gasteiger partial charge in [0, 0.05) is 11.6 Å². The van der Waals surface area contributed by atoms with Crippen molar-refractivity contribution in [2.24, 2.45) is 0 Å². The van der Waals surface area contributed by atoms with Crippen LogP contribution in [-0.4, -0.2) is 20.4 Å². The van der Waals surface area contributed by atoms with Crippen LogP contribution in [0.25, 0.3) is 0 Å². The van der Waals surface area contributed by atoms with Crippen LogP contribution in [0.4, 0.5) is 0 Å². The molecule has 2 aromatic rings. The number of sulfonamides is 1. The molecule has 0 radical (unpaired) electrons. The van der Waals surface area contributed by atoms with Crippen LogP contribution in [0.5, 0.6) is 0 Å². The van der Waals surface area contributed by atoms with Gasteiger partial charge in [-0.2, -0.15) is 0 Å². The Morgan fingerprint density at radius 3 is 2.44 bits per heavy atom. The highest BCUT2D eigenvalue weighted by molar-refractivity contribution is 7.89. The van der Waals surface area contributed by atoms with Crippen LogP contribution in [0.2, 0.25) is 0 Å². The lowest BCUT2D eigenvalue weighted by molar-refractivity contribution is 0.0948. The Morgan fingerprint density at radius 2 is 1.80 bits per heavy atom. The van der Waals surface area contributed by atoms with Gasteiger partial charge in [-0.25, -0.2) is 13.1 Å². The Balaban J connectivity index is 1.61. The van der Waals surface area contributed by atoms with Gasteiger partial charge >= 0.3 is 0 Å². The average Bonchev–Trinajstić information content (AvgIpc) is 3.14. The molecule has 0 aliphatic heterocycles. The summed E-state index contributed by atoms with van der Waals surface area (Å²) < 4.78 is 32.8. The molecule has 1 fully saturated rings. The molecule has 0 bridgehead atoms. The molecule has 1 heterocycles. The van der Waals surface area contributed by atoms with Crippen molar-refractivity contribution < 1.29 is 17.6 Å². The number of amides is 1. The van der Waals surface area contributed by atoms with Crippen LogP contribution in [0.15, 0.2) is 52.0 Å². The van der Waals surface area contributed by atoms with Gasteiger partial charge in [0.2, 0.25) is 10.0 Å². The van der Waals surface area contributed by atoms with E-state index < -0.39 is 10.0 Å². The normalized spacial score (nSPS) is 15.8. The summed E-state index contributed by atoms with van der Waals surface area (Å²) in [7, 11) is -3.55. The number of hydrogen-bond donors (Lipinski definition) is 2. The Hall–Kier alpha value is -2.12. The predicted octanol–water partition coefficient (Wildman–Crippen LogP) is 2.82. The molecule has 1 aromatic carbocycles. The van der Waals surface area contributed by atoms with E-state index in [1.165, 1.54) is 30.7 Å². The summed E-state index contributed by atoms with van der Waals surface area (Å²) in [4.78, 5) is 12.3. The van der Waals surface area contributed by atoms with Gasteiger partial charge in [0.15, 0.2) is 0 Å². The highest BCUT2D eigenvalue weighted by atomic mass is 32.2. The van der Waals surface area contributed by atoms with Crippen molar-refractivity contribution in [2.75, 3.05) is 0 Å². The largest absolute Gasteiger partial charge is 0.467 e. The van der Waals surface area contributed by atoms with Crippen molar-refractivity contribution in [1.82, 2.24) is 10.0 Å². The Labute approximate surface area is 147 Å². The molecule has 7 heteroatoms. The van der Waals surface area contributed by atoms with Crippen LogP contribution in [-0.2, 0) is 16.6 Å². The number of benzene rings is 1. The summed E-state index contributed by atoms with van der Waals surface area (Å²) in [5.74, 6) is 0.379. The zero-order valence-electron chi connectivity index (χ0n) is 13.9. The smallest absolute Gasteiger partial charge is 0.251 e. The van der Waals surface area contributed by atoms with E-state index >= 15 is 0 Å². The quantitative estimate of drug-likeness (QED) is 0.827. The van der Waals surface area contributed by atoms with E-state index in [0.717, 1.165) is 25.7 Å². The molecule has 1 saturated carbocycles. The molecule has 0 unspecified atom stereocenters. The van der Waals surface area contributed by atoms with E-state index in [9.17, 15) is 13.2 Å². The highest BCUT2D eigenvalue weighted by Gasteiger charge is 2.22. The lowest BCUT2D eigenvalue weighted by Crippen LogP contribution is -2.36. The molecular formula is C18H22N2O4S. The monoisotopic (exact) mass is 362 g/mol. The maximum absolute atomic E-state index is 12.4. The van der Waals surface area contributed by atoms with Gasteiger partial charge < -0.3 is 9.73 Å². The van der Waals surface area contributed by atoms with Gasteiger partial charge in [-0.05, 0) is 49.2 Å². The molecule has 0 spiro atoms. The Kier molecular flexibility index (Phi) is 5.55. The minimum absolute atomic E-state index is 0.00928. The number of hydrogen-bond acceptors (Lipinski definition) is 4. The Bertz CT molecular complexity index is 792. The fourth-order valence-electron chi connectivity index (χ4n) is 2.98. The van der Waals surface area contributed by atoms with Gasteiger partial charge in [-0.15, -0.1) is 0 Å². The van der Waals surface area contributed by atoms with E-state index in [2.05, 4.69) is 10.0 Å². The number of carbonyl (C=O) groups is 1. The lowest BCUT2D eigenvalue weighted by atomic mass is 9.96. The molecule has 134 valence electrons. The van der Waals surface area contributed by atoms with Gasteiger partial charge in [-0.1, -0.05) is 19.3 Å². The number of rotatable bonds is 6. The second-order valence-corrected chi connectivity index (χ2v) is 7.96. The molecule has 25 heavy (non-hydrogen) atoms. The molecule has 1 aromatic heterocycles. The first-order valence-corrected chi connectivity index (χ1v) is 9.96. The minimum atomic E-state index is -3.55. The topological polar surface area (TPSA) is 88.4 Å². The maximum Gasteiger partial charge on any atom is 0.251 e. The van der Waals surface area contributed by atoms with E-state index in [4.69, 9.17) is 4.42 Å². The second-order valence-electron chi connectivity index (χ2n) is 6.24. The van der Waals surface area contributed by atoms with Crippen LogP contribution >= 0.6 is 0 Å². The summed E-state index contributed by atoms with van der Waals surface area (Å²) in [6.07, 6.45) is 6.59. The highest BCUT2D eigenvalue weighted by Crippen LogP contribution is 2.20. The van der Waals surface area contributed by atoms with Crippen molar-refractivity contribution in [3.63, 3.8) is 0 Å². The molecule has 1 amide bonds. The van der Waals surface area contributed by atoms with Crippen molar-refractivity contribution >= 4 is 15.9 Å². The molecule has 6 nitrogen and oxygen atoms in total. The van der Waals surface area contributed by atoms with Gasteiger partial charge in [0.25, 0.3) is 5.91 Å². The molecule has 3 rings (SSSR count). The molecule has 0 saturated heterocycles. The maximum atomic E-state index is 12.4. The van der Waals surface area contributed by atoms with Crippen molar-refractivity contribution in [3.05, 3.63) is 54.0 Å². The van der Waals surface area contributed by atoms with Crippen molar-refractivity contribution in [3.8, 4) is 0 Å². The molecule has 2 N–H and O–H groups in total. The SMILES string of the molecule is O=C(NCc1ccco1)c1ccc(S(=O)(=O)NC2CCCCC2)cc1. The first-order valence-electron chi connectivity index (χ1n) is 8.47. The van der Waals surface area contributed by atoms with E-state index in [0.29, 0.717) is 11.3 Å². The molecule has 1 aliphatic rings. The molecule has 1 aliphatic carbocycles. The van der Waals surface area contributed by atoms with Crippen LogP contribution in [0, 0.1) is 0 Å². The fraction of sp³-hybridized carbons (Fsp3) is 0.389. The van der Waals surface area contributed by atoms with E-state index in [-0.39, 0.29) is 23.4 Å². The fourth-order valence-corrected chi connectivity index (χ4v) is 4.28. The third-order valence-electron chi connectivity index (χ3n) is 4.36. The Morgan fingerprint density at radius 1 is 1.08 bits per heavy atom. The molecule has 0 atom stereocenters. The number of carbonyl (C=O) groups excluding carboxylic acids is 1. The first kappa shape index (κ1) is 17.7. The zero-order valence-corrected chi connectivity index (χ0v) is 14.7. The number of furan rings is 1. The lowest BCUT2D eigenvalue weighted by Gasteiger charge is -2.22. The van der Waals surface area contributed by atoms with Crippen molar-refractivity contribution in [2.45, 2.75) is 49.6 Å². The zero-order chi connectivity index (χ0) is 17.7. The predicted molar refractivity (Wildman–Crippen MR) is 93.5 cm³/mol. The van der Waals surface area contributed by atoms with Gasteiger partial charge in [0.05, 0.1) is 17.7 Å². The van der Waals surface area contributed by atoms with Crippen LogP contribution in [0.1, 0.15) is 48.2 Å². The summed E-state index contributed by atoms with van der Waals surface area (Å²) in [5.41, 5.74) is 0.406. The van der Waals surface area contributed by atoms with E-state index in [1.54, 1.807) is 18.4 Å². The van der Waals surface area contributed by atoms with Crippen LogP contribution in [0.3, 0.4) is 0 Å². The van der Waals surface area contributed by atoms with Gasteiger partial charge in [-0.3, -0.25) is 4.79 Å². The van der Waals surface area contributed by atoms with Crippen LogP contribution < -0.4 is 10.0 Å². The average molecular weight is 362 g/mol. The number of nitrogens with one attached hydrogen (secondary N) is 2. The standard InChI is InChI=1S/C18H22N2O4S/c21-18(19-13-16-7-4-12-24-16)14-8-10-17(11-9-14)25(22,23)20-15-5-2-1-3-6-15/h4,7-12,15,20H,1-3,5-6,13H2,(H,19,21). The third kappa shape index (κ3) is 4.70. The van der Waals surface area contributed by atoms with Gasteiger partial charge in [0.1, 0.15) is 5.76 Å².